The number of fused-ring (bicyclic) bond motifs is 2. The Hall–Kier alpha value is -2.60. The van der Waals surface area contributed by atoms with Gasteiger partial charge in [0.25, 0.3) is 5.19 Å². The molecule has 3 atom stereocenters. The highest BCUT2D eigenvalue weighted by molar-refractivity contribution is 7.89. The van der Waals surface area contributed by atoms with Gasteiger partial charge in [-0.05, 0) is 59.9 Å². The quantitative estimate of drug-likeness (QED) is 0.373. The number of aliphatic hydroxyl groups excluding tert-OH is 1. The van der Waals surface area contributed by atoms with Gasteiger partial charge in [0, 0.05) is 51.1 Å². The molecule has 0 amide bonds. The number of aliphatic hydroxyl groups is 1. The Labute approximate surface area is 233 Å². The number of aryl methyl sites for hydroxylation is 1. The second kappa shape index (κ2) is 11.1. The summed E-state index contributed by atoms with van der Waals surface area (Å²) in [5.74, 6) is 2.66. The number of anilines is 1. The summed E-state index contributed by atoms with van der Waals surface area (Å²) >= 11 is 1.57. The van der Waals surface area contributed by atoms with Crippen molar-refractivity contribution < 1.29 is 18.3 Å². The van der Waals surface area contributed by atoms with Gasteiger partial charge in [0.1, 0.15) is 0 Å². The first kappa shape index (κ1) is 26.6. The third-order valence-corrected chi connectivity index (χ3v) is 11.0. The van der Waals surface area contributed by atoms with Crippen molar-refractivity contribution in [2.45, 2.75) is 32.6 Å². The molecule has 4 heterocycles. The number of hydrogen-bond donors (Lipinski definition) is 1. The normalized spacial score (nSPS) is 23.2. The number of sulfonamides is 1. The minimum atomic E-state index is -3.32. The number of rotatable bonds is 11. The van der Waals surface area contributed by atoms with Gasteiger partial charge in [0.2, 0.25) is 16.0 Å². The van der Waals surface area contributed by atoms with E-state index >= 15 is 0 Å². The molecule has 2 fully saturated rings. The lowest BCUT2D eigenvalue weighted by atomic mass is 10.0. The van der Waals surface area contributed by atoms with Gasteiger partial charge >= 0.3 is 0 Å². The molecule has 1 saturated heterocycles. The number of benzene rings is 1. The van der Waals surface area contributed by atoms with Gasteiger partial charge in [-0.2, -0.15) is 4.31 Å². The minimum absolute atomic E-state index is 0.00971. The second-order valence-electron chi connectivity index (χ2n) is 10.7. The molecule has 3 aliphatic rings. The standard InChI is InChI=1S/C28H35N5O4S2/c1-2-4-19-14-29-27(30-15-19)32-16-22-23(17-32)24(22)18-37-28-31-25-6-5-21(13-26(25)38-28)20-7-9-33(10-8-20)39(35,36)12-3-11-34/h5-7,13-15,22-24,34H,2-4,8-12,16-18H2,1H3/t22-,23+,24+. The topological polar surface area (TPSA) is 109 Å². The maximum atomic E-state index is 12.4. The van der Waals surface area contributed by atoms with Crippen molar-refractivity contribution in [3.05, 3.63) is 47.8 Å². The van der Waals surface area contributed by atoms with Crippen LogP contribution in [0, 0.1) is 17.8 Å². The number of nitrogens with zero attached hydrogens (tertiary/aromatic N) is 5. The summed E-state index contributed by atoms with van der Waals surface area (Å²) in [4.78, 5) is 16.1. The Kier molecular flexibility index (Phi) is 7.58. The molecule has 1 aromatic carbocycles. The smallest absolute Gasteiger partial charge is 0.274 e. The van der Waals surface area contributed by atoms with E-state index in [1.165, 1.54) is 9.87 Å². The van der Waals surface area contributed by atoms with Crippen molar-refractivity contribution in [3.63, 3.8) is 0 Å². The first-order chi connectivity index (χ1) is 18.9. The zero-order valence-corrected chi connectivity index (χ0v) is 23.8. The first-order valence-corrected chi connectivity index (χ1v) is 16.2. The summed E-state index contributed by atoms with van der Waals surface area (Å²) in [6.45, 7) is 5.56. The third-order valence-electron chi connectivity index (χ3n) is 8.15. The van der Waals surface area contributed by atoms with Crippen molar-refractivity contribution in [2.24, 2.45) is 17.8 Å². The highest BCUT2D eigenvalue weighted by Gasteiger charge is 2.56. The molecule has 0 bridgehead atoms. The summed E-state index contributed by atoms with van der Waals surface area (Å²) < 4.78 is 33.6. The average molecular weight is 570 g/mol. The summed E-state index contributed by atoms with van der Waals surface area (Å²) in [7, 11) is -3.32. The van der Waals surface area contributed by atoms with Crippen LogP contribution >= 0.6 is 11.3 Å². The summed E-state index contributed by atoms with van der Waals surface area (Å²) in [5.41, 5.74) is 4.38. The van der Waals surface area contributed by atoms with Gasteiger partial charge in [-0.1, -0.05) is 36.8 Å². The van der Waals surface area contributed by atoms with E-state index in [1.807, 2.05) is 24.5 Å². The monoisotopic (exact) mass is 569 g/mol. The van der Waals surface area contributed by atoms with Gasteiger partial charge in [0.15, 0.2) is 0 Å². The Morgan fingerprint density at radius 1 is 1.18 bits per heavy atom. The van der Waals surface area contributed by atoms with Crippen LogP contribution in [0.2, 0.25) is 0 Å². The largest absolute Gasteiger partial charge is 0.470 e. The Bertz CT molecular complexity index is 1440. The van der Waals surface area contributed by atoms with Gasteiger partial charge in [0.05, 0.1) is 22.6 Å². The molecule has 2 aliphatic heterocycles. The Balaban J connectivity index is 1.02. The fraction of sp³-hybridized carbons (Fsp3) is 0.536. The summed E-state index contributed by atoms with van der Waals surface area (Å²) in [5, 5.41) is 9.67. The molecule has 6 rings (SSSR count). The molecule has 0 unspecified atom stereocenters. The summed E-state index contributed by atoms with van der Waals surface area (Å²) in [6.07, 6.45) is 8.98. The maximum absolute atomic E-state index is 12.4. The van der Waals surface area contributed by atoms with Crippen molar-refractivity contribution in [1.82, 2.24) is 19.3 Å². The number of piperidine rings is 1. The van der Waals surface area contributed by atoms with E-state index < -0.39 is 10.0 Å². The third kappa shape index (κ3) is 5.68. The number of aromatic nitrogens is 3. The number of thiazole rings is 1. The molecule has 1 aliphatic carbocycles. The molecule has 39 heavy (non-hydrogen) atoms. The van der Waals surface area contributed by atoms with Crippen LogP contribution in [0.5, 0.6) is 5.19 Å². The van der Waals surface area contributed by atoms with Crippen molar-refractivity contribution in [3.8, 4) is 5.19 Å². The highest BCUT2D eigenvalue weighted by Crippen LogP contribution is 2.52. The van der Waals surface area contributed by atoms with Gasteiger partial charge in [-0.25, -0.2) is 23.4 Å². The van der Waals surface area contributed by atoms with Crippen LogP contribution in [0.25, 0.3) is 15.8 Å². The van der Waals surface area contributed by atoms with Crippen LogP contribution in [-0.4, -0.2) is 77.9 Å². The molecule has 1 saturated carbocycles. The second-order valence-corrected chi connectivity index (χ2v) is 13.8. The van der Waals surface area contributed by atoms with E-state index in [-0.39, 0.29) is 18.8 Å². The van der Waals surface area contributed by atoms with E-state index in [0.29, 0.717) is 49.1 Å². The Morgan fingerprint density at radius 2 is 1.97 bits per heavy atom. The SMILES string of the molecule is CCCc1cnc(N2C[C@@H]3[C@@H](COc4nc5ccc(C6=CCN(S(=O)(=O)CCCO)CC6)cc5s4)[C@@H]3C2)nc1. The lowest BCUT2D eigenvalue weighted by Gasteiger charge is -2.26. The van der Waals surface area contributed by atoms with Crippen LogP contribution in [0.4, 0.5) is 5.95 Å². The zero-order valence-electron chi connectivity index (χ0n) is 22.2. The lowest BCUT2D eigenvalue weighted by molar-refractivity contribution is 0.282. The van der Waals surface area contributed by atoms with Crippen LogP contribution in [0.3, 0.4) is 0 Å². The van der Waals surface area contributed by atoms with Crippen LogP contribution in [0.1, 0.15) is 37.3 Å². The fourth-order valence-corrected chi connectivity index (χ4v) is 8.15. The minimum Gasteiger partial charge on any atom is -0.470 e. The first-order valence-electron chi connectivity index (χ1n) is 13.8. The zero-order chi connectivity index (χ0) is 27.0. The molecule has 3 aromatic rings. The summed E-state index contributed by atoms with van der Waals surface area (Å²) in [6, 6.07) is 6.22. The van der Waals surface area contributed by atoms with E-state index in [0.717, 1.165) is 53.2 Å². The highest BCUT2D eigenvalue weighted by atomic mass is 32.2. The molecule has 0 spiro atoms. The van der Waals surface area contributed by atoms with E-state index in [2.05, 4.69) is 38.9 Å². The van der Waals surface area contributed by atoms with E-state index in [1.54, 1.807) is 11.3 Å². The predicted molar refractivity (Wildman–Crippen MR) is 153 cm³/mol. The van der Waals surface area contributed by atoms with Gasteiger partial charge in [-0.3, -0.25) is 0 Å². The Morgan fingerprint density at radius 3 is 2.67 bits per heavy atom. The van der Waals surface area contributed by atoms with Crippen LogP contribution in [0.15, 0.2) is 36.7 Å². The molecular weight excluding hydrogens is 534 g/mol. The molecule has 9 nitrogen and oxygen atoms in total. The van der Waals surface area contributed by atoms with Gasteiger partial charge in [-0.15, -0.1) is 0 Å². The molecule has 0 radical (unpaired) electrons. The molecule has 208 valence electrons. The van der Waals surface area contributed by atoms with E-state index in [9.17, 15) is 8.42 Å². The maximum Gasteiger partial charge on any atom is 0.274 e. The van der Waals surface area contributed by atoms with E-state index in [4.69, 9.17) is 9.84 Å². The van der Waals surface area contributed by atoms with Gasteiger partial charge < -0.3 is 14.7 Å². The molecular formula is C28H35N5O4S2. The van der Waals surface area contributed by atoms with Crippen molar-refractivity contribution in [2.75, 3.05) is 50.0 Å². The number of ether oxygens (including phenoxy) is 1. The average Bonchev–Trinajstić information content (AvgIpc) is 3.26. The van der Waals surface area contributed by atoms with Crippen molar-refractivity contribution in [1.29, 1.82) is 0 Å². The van der Waals surface area contributed by atoms with Crippen molar-refractivity contribution >= 4 is 43.1 Å². The molecule has 2 aromatic heterocycles. The molecule has 1 N–H and O–H groups in total. The molecule has 11 heteroatoms. The lowest BCUT2D eigenvalue weighted by Crippen LogP contribution is -2.36. The number of hydrogen-bond acceptors (Lipinski definition) is 9. The van der Waals surface area contributed by atoms with Crippen LogP contribution in [-0.2, 0) is 16.4 Å². The van der Waals surface area contributed by atoms with Crippen LogP contribution < -0.4 is 9.64 Å². The fourth-order valence-electron chi connectivity index (χ4n) is 5.86. The predicted octanol–water partition coefficient (Wildman–Crippen LogP) is 3.60.